The molecule has 0 saturated heterocycles. The van der Waals surface area contributed by atoms with E-state index < -0.39 is 25.5 Å². The van der Waals surface area contributed by atoms with Gasteiger partial charge in [0, 0.05) is 6.07 Å². The molecule has 1 N–H and O–H groups in total. The molecule has 3 aromatic heterocycles. The third kappa shape index (κ3) is 2.95. The molecule has 28 heavy (non-hydrogen) atoms. The van der Waals surface area contributed by atoms with Crippen molar-refractivity contribution in [3.63, 3.8) is 0 Å². The molecule has 0 fully saturated rings. The van der Waals surface area contributed by atoms with Crippen LogP contribution in [-0.4, -0.2) is 33.3 Å². The minimum Gasteiger partial charge on any atom is -0.467 e. The predicted octanol–water partition coefficient (Wildman–Crippen LogP) is 2.25. The molecule has 142 valence electrons. The van der Waals surface area contributed by atoms with Crippen molar-refractivity contribution in [2.75, 3.05) is 4.31 Å². The molecule has 12 heteroatoms. The van der Waals surface area contributed by atoms with Gasteiger partial charge in [0.1, 0.15) is 17.6 Å². The van der Waals surface area contributed by atoms with Gasteiger partial charge in [-0.2, -0.15) is 0 Å². The summed E-state index contributed by atoms with van der Waals surface area (Å²) < 4.78 is 33.1. The fourth-order valence-corrected chi connectivity index (χ4v) is 4.26. The minimum absolute atomic E-state index is 0.00273. The number of H-pyrrole nitrogens is 1. The van der Waals surface area contributed by atoms with Crippen LogP contribution in [0.1, 0.15) is 5.76 Å². The van der Waals surface area contributed by atoms with Crippen LogP contribution in [0.25, 0.3) is 11.2 Å². The Morgan fingerprint density at radius 3 is 2.71 bits per heavy atom. The van der Waals surface area contributed by atoms with Crippen LogP contribution in [0.5, 0.6) is 0 Å². The van der Waals surface area contributed by atoms with Crippen LogP contribution >= 0.6 is 0 Å². The number of anilines is 1. The Bertz CT molecular complexity index is 1250. The quantitative estimate of drug-likeness (QED) is 0.383. The number of fused-ring (bicyclic) bond motifs is 1. The number of aromatic nitrogens is 4. The summed E-state index contributed by atoms with van der Waals surface area (Å²) in [7, 11) is -4.38. The van der Waals surface area contributed by atoms with E-state index >= 15 is 0 Å². The van der Waals surface area contributed by atoms with E-state index in [0.717, 1.165) is 10.4 Å². The monoisotopic (exact) mass is 400 g/mol. The van der Waals surface area contributed by atoms with Gasteiger partial charge >= 0.3 is 0 Å². The van der Waals surface area contributed by atoms with Gasteiger partial charge in [0.25, 0.3) is 15.7 Å². The molecule has 0 aliphatic rings. The maximum Gasteiger partial charge on any atom is 0.289 e. The molecule has 0 radical (unpaired) electrons. The summed E-state index contributed by atoms with van der Waals surface area (Å²) in [6.07, 6.45) is 3.92. The number of hydrogen-bond acceptors (Lipinski definition) is 8. The second-order valence-electron chi connectivity index (χ2n) is 5.61. The first-order valence-electron chi connectivity index (χ1n) is 7.91. The highest BCUT2D eigenvalue weighted by atomic mass is 32.2. The lowest BCUT2D eigenvalue weighted by atomic mass is 10.3. The van der Waals surface area contributed by atoms with Crippen LogP contribution < -0.4 is 4.31 Å². The Hall–Kier alpha value is -3.80. The summed E-state index contributed by atoms with van der Waals surface area (Å²) in [5.74, 6) is 0.325. The molecule has 0 unspecified atom stereocenters. The van der Waals surface area contributed by atoms with E-state index in [2.05, 4.69) is 19.9 Å². The smallest absolute Gasteiger partial charge is 0.289 e. The summed E-state index contributed by atoms with van der Waals surface area (Å²) >= 11 is 0. The SMILES string of the molecule is O=[N+]([O-])c1ccccc1S(=O)(=O)N(Cc1ccco1)c1ncnc2nc[nH]c12. The fourth-order valence-electron chi connectivity index (χ4n) is 2.70. The second kappa shape index (κ2) is 6.74. The highest BCUT2D eigenvalue weighted by molar-refractivity contribution is 7.93. The molecule has 0 amide bonds. The molecule has 0 bridgehead atoms. The molecular weight excluding hydrogens is 388 g/mol. The van der Waals surface area contributed by atoms with Crippen LogP contribution in [0.3, 0.4) is 0 Å². The summed E-state index contributed by atoms with van der Waals surface area (Å²) in [6, 6.07) is 8.31. The number of benzene rings is 1. The van der Waals surface area contributed by atoms with Crippen molar-refractivity contribution < 1.29 is 17.8 Å². The average Bonchev–Trinajstić information content (AvgIpc) is 3.37. The van der Waals surface area contributed by atoms with E-state index in [0.29, 0.717) is 5.76 Å². The highest BCUT2D eigenvalue weighted by Crippen LogP contribution is 2.32. The van der Waals surface area contributed by atoms with Crippen LogP contribution in [0, 0.1) is 10.1 Å². The molecule has 0 atom stereocenters. The summed E-state index contributed by atoms with van der Waals surface area (Å²) in [4.78, 5) is 25.0. The molecule has 0 aliphatic carbocycles. The molecule has 11 nitrogen and oxygen atoms in total. The third-order valence-electron chi connectivity index (χ3n) is 3.95. The van der Waals surface area contributed by atoms with E-state index in [1.165, 1.54) is 37.1 Å². The Morgan fingerprint density at radius 2 is 1.96 bits per heavy atom. The second-order valence-corrected chi connectivity index (χ2v) is 7.45. The van der Waals surface area contributed by atoms with E-state index in [1.807, 2.05) is 0 Å². The zero-order valence-corrected chi connectivity index (χ0v) is 14.9. The number of rotatable bonds is 6. The number of hydrogen-bond donors (Lipinski definition) is 1. The zero-order chi connectivity index (χ0) is 19.7. The van der Waals surface area contributed by atoms with Crippen molar-refractivity contribution in [2.24, 2.45) is 0 Å². The largest absolute Gasteiger partial charge is 0.467 e. The van der Waals surface area contributed by atoms with E-state index in [4.69, 9.17) is 4.42 Å². The van der Waals surface area contributed by atoms with Crippen LogP contribution in [0.2, 0.25) is 0 Å². The lowest BCUT2D eigenvalue weighted by molar-refractivity contribution is -0.387. The number of furan rings is 1. The molecule has 0 saturated carbocycles. The van der Waals surface area contributed by atoms with Crippen molar-refractivity contribution in [3.8, 4) is 0 Å². The first-order chi connectivity index (χ1) is 13.5. The van der Waals surface area contributed by atoms with Crippen LogP contribution in [0.4, 0.5) is 11.5 Å². The van der Waals surface area contributed by atoms with Crippen molar-refractivity contribution >= 4 is 32.7 Å². The normalized spacial score (nSPS) is 11.6. The summed E-state index contributed by atoms with van der Waals surface area (Å²) in [6.45, 7) is -0.230. The third-order valence-corrected chi connectivity index (χ3v) is 5.73. The number of para-hydroxylation sites is 1. The van der Waals surface area contributed by atoms with Gasteiger partial charge in [0.05, 0.1) is 24.1 Å². The van der Waals surface area contributed by atoms with Gasteiger partial charge in [0.15, 0.2) is 16.4 Å². The first kappa shape index (κ1) is 17.6. The molecule has 4 rings (SSSR count). The topological polar surface area (TPSA) is 148 Å². The van der Waals surface area contributed by atoms with E-state index in [9.17, 15) is 18.5 Å². The fraction of sp³-hybridized carbons (Fsp3) is 0.0625. The number of nitrogens with zero attached hydrogens (tertiary/aromatic N) is 5. The van der Waals surface area contributed by atoms with E-state index in [-0.39, 0.29) is 23.5 Å². The van der Waals surface area contributed by atoms with Crippen molar-refractivity contribution in [2.45, 2.75) is 11.4 Å². The highest BCUT2D eigenvalue weighted by Gasteiger charge is 2.34. The Morgan fingerprint density at radius 1 is 1.14 bits per heavy atom. The lowest BCUT2D eigenvalue weighted by Crippen LogP contribution is -2.32. The predicted molar refractivity (Wildman–Crippen MR) is 96.9 cm³/mol. The van der Waals surface area contributed by atoms with Gasteiger partial charge < -0.3 is 9.40 Å². The number of nitrogens with one attached hydrogen (secondary N) is 1. The molecule has 3 heterocycles. The molecule has 4 aromatic rings. The molecule has 0 spiro atoms. The maximum absolute atomic E-state index is 13.4. The van der Waals surface area contributed by atoms with Gasteiger partial charge in [-0.1, -0.05) is 12.1 Å². The van der Waals surface area contributed by atoms with Gasteiger partial charge in [-0.3, -0.25) is 10.1 Å². The number of nitro benzene ring substituents is 1. The first-order valence-corrected chi connectivity index (χ1v) is 9.35. The molecule has 1 aromatic carbocycles. The zero-order valence-electron chi connectivity index (χ0n) is 14.1. The number of nitro groups is 1. The van der Waals surface area contributed by atoms with Crippen LogP contribution in [0.15, 0.2) is 64.6 Å². The Kier molecular flexibility index (Phi) is 4.24. The van der Waals surface area contributed by atoms with Crippen molar-refractivity contribution in [1.29, 1.82) is 0 Å². The van der Waals surface area contributed by atoms with Crippen LogP contribution in [-0.2, 0) is 16.6 Å². The Balaban J connectivity index is 1.93. The lowest BCUT2D eigenvalue weighted by Gasteiger charge is -2.22. The van der Waals surface area contributed by atoms with Crippen molar-refractivity contribution in [3.05, 3.63) is 71.2 Å². The number of sulfonamides is 1. The average molecular weight is 400 g/mol. The molecular formula is C16H12N6O5S. The van der Waals surface area contributed by atoms with Gasteiger partial charge in [-0.15, -0.1) is 0 Å². The van der Waals surface area contributed by atoms with Gasteiger partial charge in [-0.05, 0) is 18.2 Å². The minimum atomic E-state index is -4.38. The van der Waals surface area contributed by atoms with E-state index in [1.54, 1.807) is 12.1 Å². The maximum atomic E-state index is 13.4. The summed E-state index contributed by atoms with van der Waals surface area (Å²) in [5.41, 5.74) is -0.00900. The summed E-state index contributed by atoms with van der Waals surface area (Å²) in [5, 5.41) is 11.4. The van der Waals surface area contributed by atoms with Gasteiger partial charge in [-0.25, -0.2) is 27.7 Å². The molecule has 0 aliphatic heterocycles. The van der Waals surface area contributed by atoms with Crippen molar-refractivity contribution in [1.82, 2.24) is 19.9 Å². The Labute approximate surface area is 157 Å². The number of aromatic amines is 1. The number of imidazole rings is 1. The standard InChI is InChI=1S/C16H12N6O5S/c23-22(24)12-5-1-2-6-13(12)28(25,26)21(8-11-4-3-7-27-11)16-14-15(18-9-17-14)19-10-20-16/h1-7,9-10H,8H2,(H,17,18,19,20). The van der Waals surface area contributed by atoms with Gasteiger partial charge in [0.2, 0.25) is 0 Å².